The van der Waals surface area contributed by atoms with Gasteiger partial charge < -0.3 is 10.1 Å². The Morgan fingerprint density at radius 2 is 2.22 bits per heavy atom. The highest BCUT2D eigenvalue weighted by molar-refractivity contribution is 5.18. The van der Waals surface area contributed by atoms with Crippen molar-refractivity contribution in [1.29, 1.82) is 0 Å². The fourth-order valence-corrected chi connectivity index (χ4v) is 1.84. The average molecular weight is 261 g/mol. The molecule has 1 saturated heterocycles. The number of rotatable bonds is 3. The molecule has 0 radical (unpaired) electrons. The van der Waals surface area contributed by atoms with Crippen molar-refractivity contribution >= 4 is 0 Å². The molecular formula is C11H14F3N3O. The van der Waals surface area contributed by atoms with E-state index < -0.39 is 11.9 Å². The topological polar surface area (TPSA) is 47.0 Å². The van der Waals surface area contributed by atoms with Crippen molar-refractivity contribution in [2.45, 2.75) is 32.0 Å². The molecule has 1 aromatic rings. The molecule has 1 atom stereocenters. The van der Waals surface area contributed by atoms with E-state index >= 15 is 0 Å². The molecule has 0 aromatic carbocycles. The zero-order valence-corrected chi connectivity index (χ0v) is 9.92. The van der Waals surface area contributed by atoms with Crippen LogP contribution < -0.4 is 10.1 Å². The van der Waals surface area contributed by atoms with Gasteiger partial charge in [0.15, 0.2) is 5.69 Å². The van der Waals surface area contributed by atoms with Crippen molar-refractivity contribution in [3.05, 3.63) is 17.6 Å². The second-order valence-electron chi connectivity index (χ2n) is 4.24. The van der Waals surface area contributed by atoms with E-state index in [-0.39, 0.29) is 17.7 Å². The van der Waals surface area contributed by atoms with Gasteiger partial charge in [-0.15, -0.1) is 0 Å². The normalized spacial score (nSPS) is 20.1. The molecule has 2 rings (SSSR count). The maximum absolute atomic E-state index is 12.5. The highest BCUT2D eigenvalue weighted by Gasteiger charge is 2.33. The molecule has 1 N–H and O–H groups in total. The molecule has 0 amide bonds. The number of aryl methyl sites for hydroxylation is 1. The van der Waals surface area contributed by atoms with Crippen LogP contribution in [0.4, 0.5) is 13.2 Å². The number of alkyl halides is 3. The first-order valence-electron chi connectivity index (χ1n) is 5.74. The van der Waals surface area contributed by atoms with Crippen LogP contribution in [-0.2, 0) is 6.18 Å². The first kappa shape index (κ1) is 13.1. The first-order chi connectivity index (χ1) is 8.45. The fraction of sp³-hybridized carbons (Fsp3) is 0.636. The van der Waals surface area contributed by atoms with E-state index in [0.717, 1.165) is 25.5 Å². The predicted octanol–water partition coefficient (Wildman–Crippen LogP) is 1.93. The van der Waals surface area contributed by atoms with Crippen LogP contribution in [0.15, 0.2) is 6.07 Å². The largest absolute Gasteiger partial charge is 0.476 e. The van der Waals surface area contributed by atoms with Gasteiger partial charge in [0.1, 0.15) is 12.4 Å². The average Bonchev–Trinajstić information content (AvgIpc) is 2.77. The molecule has 1 unspecified atom stereocenters. The van der Waals surface area contributed by atoms with Crippen LogP contribution >= 0.6 is 0 Å². The summed E-state index contributed by atoms with van der Waals surface area (Å²) in [7, 11) is 0. The van der Waals surface area contributed by atoms with Gasteiger partial charge in [-0.25, -0.2) is 4.98 Å². The van der Waals surface area contributed by atoms with Crippen LogP contribution in [0.2, 0.25) is 0 Å². The molecule has 1 aliphatic heterocycles. The maximum atomic E-state index is 12.5. The van der Waals surface area contributed by atoms with E-state index in [0.29, 0.717) is 6.61 Å². The van der Waals surface area contributed by atoms with E-state index in [9.17, 15) is 13.2 Å². The molecule has 2 heterocycles. The molecule has 7 heteroatoms. The number of ether oxygens (including phenoxy) is 1. The van der Waals surface area contributed by atoms with Gasteiger partial charge in [0.05, 0.1) is 0 Å². The summed E-state index contributed by atoms with van der Waals surface area (Å²) in [4.78, 5) is 7.20. The zero-order chi connectivity index (χ0) is 13.2. The van der Waals surface area contributed by atoms with Crippen LogP contribution in [0.1, 0.15) is 24.4 Å². The number of hydrogen-bond donors (Lipinski definition) is 1. The van der Waals surface area contributed by atoms with Crippen molar-refractivity contribution in [2.75, 3.05) is 13.2 Å². The third kappa shape index (κ3) is 3.32. The minimum Gasteiger partial charge on any atom is -0.476 e. The summed E-state index contributed by atoms with van der Waals surface area (Å²) in [5.41, 5.74) is -0.968. The van der Waals surface area contributed by atoms with Crippen molar-refractivity contribution in [3.63, 3.8) is 0 Å². The number of nitrogens with one attached hydrogen (secondary N) is 1. The summed E-state index contributed by atoms with van der Waals surface area (Å²) in [6.07, 6.45) is -2.45. The SMILES string of the molecule is Cc1nc(OCC2CCCN2)cc(C(F)(F)F)n1. The van der Waals surface area contributed by atoms with Crippen molar-refractivity contribution < 1.29 is 17.9 Å². The minimum atomic E-state index is -4.47. The lowest BCUT2D eigenvalue weighted by Crippen LogP contribution is -2.28. The van der Waals surface area contributed by atoms with Crippen LogP contribution in [0, 0.1) is 6.92 Å². The van der Waals surface area contributed by atoms with E-state index in [1.54, 1.807) is 0 Å². The number of halogens is 3. The summed E-state index contributed by atoms with van der Waals surface area (Å²) < 4.78 is 42.9. The monoisotopic (exact) mass is 261 g/mol. The second kappa shape index (κ2) is 5.09. The lowest BCUT2D eigenvalue weighted by atomic mass is 10.2. The van der Waals surface area contributed by atoms with Crippen molar-refractivity contribution in [3.8, 4) is 5.88 Å². The van der Waals surface area contributed by atoms with Gasteiger partial charge in [-0.1, -0.05) is 0 Å². The predicted molar refractivity (Wildman–Crippen MR) is 58.3 cm³/mol. The maximum Gasteiger partial charge on any atom is 0.433 e. The highest BCUT2D eigenvalue weighted by Crippen LogP contribution is 2.29. The van der Waals surface area contributed by atoms with Crippen molar-refractivity contribution in [1.82, 2.24) is 15.3 Å². The molecule has 100 valence electrons. The van der Waals surface area contributed by atoms with Crippen LogP contribution in [0.3, 0.4) is 0 Å². The van der Waals surface area contributed by atoms with Gasteiger partial charge in [-0.2, -0.15) is 18.2 Å². The van der Waals surface area contributed by atoms with Crippen LogP contribution in [0.5, 0.6) is 5.88 Å². The molecule has 18 heavy (non-hydrogen) atoms. The molecule has 1 aromatic heterocycles. The Morgan fingerprint density at radius 1 is 1.44 bits per heavy atom. The van der Waals surface area contributed by atoms with Gasteiger partial charge >= 0.3 is 6.18 Å². The number of nitrogens with zero attached hydrogens (tertiary/aromatic N) is 2. The third-order valence-corrected chi connectivity index (χ3v) is 2.70. The summed E-state index contributed by atoms with van der Waals surface area (Å²) in [6, 6.07) is 1.02. The lowest BCUT2D eigenvalue weighted by Gasteiger charge is -2.13. The van der Waals surface area contributed by atoms with E-state index in [1.807, 2.05) is 0 Å². The molecule has 0 aliphatic carbocycles. The molecule has 1 fully saturated rings. The van der Waals surface area contributed by atoms with E-state index in [1.165, 1.54) is 6.92 Å². The van der Waals surface area contributed by atoms with E-state index in [2.05, 4.69) is 15.3 Å². The van der Waals surface area contributed by atoms with Crippen LogP contribution in [0.25, 0.3) is 0 Å². The summed E-state index contributed by atoms with van der Waals surface area (Å²) in [5, 5.41) is 3.20. The Morgan fingerprint density at radius 3 is 2.83 bits per heavy atom. The molecule has 1 aliphatic rings. The Labute approximate surface area is 103 Å². The summed E-state index contributed by atoms with van der Waals surface area (Å²) >= 11 is 0. The molecule has 0 bridgehead atoms. The highest BCUT2D eigenvalue weighted by atomic mass is 19.4. The third-order valence-electron chi connectivity index (χ3n) is 2.70. The van der Waals surface area contributed by atoms with Crippen molar-refractivity contribution in [2.24, 2.45) is 0 Å². The molecular weight excluding hydrogens is 247 g/mol. The molecule has 0 saturated carbocycles. The van der Waals surface area contributed by atoms with Crippen LogP contribution in [-0.4, -0.2) is 29.2 Å². The van der Waals surface area contributed by atoms with E-state index in [4.69, 9.17) is 4.74 Å². The minimum absolute atomic E-state index is 0.0245. The quantitative estimate of drug-likeness (QED) is 0.903. The van der Waals surface area contributed by atoms with Gasteiger partial charge in [0, 0.05) is 12.1 Å². The van der Waals surface area contributed by atoms with Gasteiger partial charge in [-0.05, 0) is 26.3 Å². The Balaban J connectivity index is 2.05. The number of hydrogen-bond acceptors (Lipinski definition) is 4. The first-order valence-corrected chi connectivity index (χ1v) is 5.74. The zero-order valence-electron chi connectivity index (χ0n) is 9.92. The second-order valence-corrected chi connectivity index (χ2v) is 4.24. The Hall–Kier alpha value is -1.37. The summed E-state index contributed by atoms with van der Waals surface area (Å²) in [5.74, 6) is 0.0303. The fourth-order valence-electron chi connectivity index (χ4n) is 1.84. The number of aromatic nitrogens is 2. The Kier molecular flexibility index (Phi) is 3.70. The molecule has 0 spiro atoms. The van der Waals surface area contributed by atoms with Gasteiger partial charge in [0.25, 0.3) is 0 Å². The smallest absolute Gasteiger partial charge is 0.433 e. The summed E-state index contributed by atoms with van der Waals surface area (Å²) in [6.45, 7) is 2.66. The lowest BCUT2D eigenvalue weighted by molar-refractivity contribution is -0.141. The van der Waals surface area contributed by atoms with Gasteiger partial charge in [0.2, 0.25) is 5.88 Å². The Bertz CT molecular complexity index is 416. The standard InChI is InChI=1S/C11H14F3N3O/c1-7-16-9(11(12,13)14)5-10(17-7)18-6-8-3-2-4-15-8/h5,8,15H,2-4,6H2,1H3. The molecule has 4 nitrogen and oxygen atoms in total. The van der Waals surface area contributed by atoms with Gasteiger partial charge in [-0.3, -0.25) is 0 Å².